The first kappa shape index (κ1) is 12.6. The van der Waals surface area contributed by atoms with Crippen LogP contribution in [0.5, 0.6) is 0 Å². The molecule has 2 atom stereocenters. The van der Waals surface area contributed by atoms with E-state index in [9.17, 15) is 18.7 Å². The average Bonchev–Trinajstić information content (AvgIpc) is 2.24. The third-order valence-corrected chi connectivity index (χ3v) is 2.33. The molecule has 16 heavy (non-hydrogen) atoms. The third-order valence-electron chi connectivity index (χ3n) is 2.33. The van der Waals surface area contributed by atoms with E-state index < -0.39 is 29.6 Å². The molecular formula is C11H12F2O3. The van der Waals surface area contributed by atoms with Gasteiger partial charge in [0.05, 0.1) is 7.11 Å². The number of aliphatic hydroxyl groups is 1. The van der Waals surface area contributed by atoms with E-state index in [4.69, 9.17) is 0 Å². The van der Waals surface area contributed by atoms with Gasteiger partial charge in [-0.15, -0.1) is 0 Å². The van der Waals surface area contributed by atoms with Gasteiger partial charge in [0.25, 0.3) is 0 Å². The van der Waals surface area contributed by atoms with Crippen LogP contribution < -0.4 is 0 Å². The number of carbonyl (C=O) groups excluding carboxylic acids is 1. The zero-order valence-corrected chi connectivity index (χ0v) is 8.91. The summed E-state index contributed by atoms with van der Waals surface area (Å²) >= 11 is 0. The summed E-state index contributed by atoms with van der Waals surface area (Å²) < 4.78 is 30.1. The van der Waals surface area contributed by atoms with Gasteiger partial charge in [-0.3, -0.25) is 0 Å². The van der Waals surface area contributed by atoms with Crippen LogP contribution in [0.25, 0.3) is 0 Å². The van der Waals surface area contributed by atoms with Crippen molar-refractivity contribution in [2.24, 2.45) is 0 Å². The SMILES string of the molecule is COC(=O)C(O)C(C)c1cc(F)cc(F)c1. The minimum absolute atomic E-state index is 0.204. The zero-order valence-electron chi connectivity index (χ0n) is 8.91. The molecule has 0 heterocycles. The van der Waals surface area contributed by atoms with Crippen LogP contribution in [0.2, 0.25) is 0 Å². The van der Waals surface area contributed by atoms with Crippen LogP contribution in [0.3, 0.4) is 0 Å². The summed E-state index contributed by atoms with van der Waals surface area (Å²) in [5, 5.41) is 9.50. The number of rotatable bonds is 3. The number of carbonyl (C=O) groups is 1. The Morgan fingerprint density at radius 3 is 2.25 bits per heavy atom. The van der Waals surface area contributed by atoms with E-state index in [1.54, 1.807) is 0 Å². The highest BCUT2D eigenvalue weighted by Crippen LogP contribution is 2.22. The molecule has 0 aliphatic heterocycles. The fourth-order valence-electron chi connectivity index (χ4n) is 1.35. The summed E-state index contributed by atoms with van der Waals surface area (Å²) in [7, 11) is 1.13. The lowest BCUT2D eigenvalue weighted by Gasteiger charge is -2.17. The molecule has 1 rings (SSSR count). The highest BCUT2D eigenvalue weighted by Gasteiger charge is 2.25. The first-order chi connectivity index (χ1) is 7.45. The molecule has 0 radical (unpaired) electrons. The maximum atomic E-state index is 12.9. The molecule has 0 aliphatic carbocycles. The van der Waals surface area contributed by atoms with Crippen molar-refractivity contribution >= 4 is 5.97 Å². The molecule has 0 amide bonds. The molecule has 0 fully saturated rings. The smallest absolute Gasteiger partial charge is 0.335 e. The van der Waals surface area contributed by atoms with Crippen LogP contribution in [-0.2, 0) is 9.53 Å². The van der Waals surface area contributed by atoms with E-state index in [0.29, 0.717) is 0 Å². The largest absolute Gasteiger partial charge is 0.467 e. The van der Waals surface area contributed by atoms with Crippen LogP contribution >= 0.6 is 0 Å². The number of ether oxygens (including phenoxy) is 1. The molecule has 0 aliphatic rings. The van der Waals surface area contributed by atoms with Gasteiger partial charge in [-0.2, -0.15) is 0 Å². The number of methoxy groups -OCH3 is 1. The Bertz CT molecular complexity index is 373. The lowest BCUT2D eigenvalue weighted by atomic mass is 9.95. The molecule has 0 bridgehead atoms. The van der Waals surface area contributed by atoms with Crippen molar-refractivity contribution in [3.8, 4) is 0 Å². The number of aliphatic hydroxyl groups excluding tert-OH is 1. The van der Waals surface area contributed by atoms with Gasteiger partial charge in [-0.05, 0) is 17.7 Å². The molecule has 3 nitrogen and oxygen atoms in total. The molecule has 5 heteroatoms. The Labute approximate surface area is 91.7 Å². The fraction of sp³-hybridized carbons (Fsp3) is 0.364. The monoisotopic (exact) mass is 230 g/mol. The predicted molar refractivity (Wildman–Crippen MR) is 52.8 cm³/mol. The van der Waals surface area contributed by atoms with Gasteiger partial charge in [0, 0.05) is 12.0 Å². The molecule has 0 spiro atoms. The van der Waals surface area contributed by atoms with Crippen molar-refractivity contribution < 1.29 is 23.4 Å². The van der Waals surface area contributed by atoms with Crippen molar-refractivity contribution in [2.45, 2.75) is 18.9 Å². The average molecular weight is 230 g/mol. The Kier molecular flexibility index (Phi) is 3.95. The molecule has 0 aromatic heterocycles. The number of hydrogen-bond acceptors (Lipinski definition) is 3. The summed E-state index contributed by atoms with van der Waals surface area (Å²) in [6, 6.07) is 2.86. The van der Waals surface area contributed by atoms with Crippen molar-refractivity contribution in [2.75, 3.05) is 7.11 Å². The summed E-state index contributed by atoms with van der Waals surface area (Å²) in [5.74, 6) is -3.08. The van der Waals surface area contributed by atoms with Crippen LogP contribution in [0.1, 0.15) is 18.4 Å². The Morgan fingerprint density at radius 1 is 1.31 bits per heavy atom. The topological polar surface area (TPSA) is 46.5 Å². The molecule has 2 unspecified atom stereocenters. The number of esters is 1. The van der Waals surface area contributed by atoms with E-state index in [1.807, 2.05) is 0 Å². The van der Waals surface area contributed by atoms with E-state index in [0.717, 1.165) is 25.3 Å². The molecule has 0 saturated heterocycles. The van der Waals surface area contributed by atoms with Crippen molar-refractivity contribution in [3.05, 3.63) is 35.4 Å². The second-order valence-corrected chi connectivity index (χ2v) is 3.46. The van der Waals surface area contributed by atoms with E-state index >= 15 is 0 Å². The van der Waals surface area contributed by atoms with Gasteiger partial charge in [0.15, 0.2) is 6.10 Å². The quantitative estimate of drug-likeness (QED) is 0.802. The van der Waals surface area contributed by atoms with Gasteiger partial charge in [-0.1, -0.05) is 6.92 Å². The minimum Gasteiger partial charge on any atom is -0.467 e. The summed E-state index contributed by atoms with van der Waals surface area (Å²) in [6.45, 7) is 1.48. The maximum Gasteiger partial charge on any atom is 0.335 e. The van der Waals surface area contributed by atoms with E-state index in [2.05, 4.69) is 4.74 Å². The minimum atomic E-state index is -1.44. The molecule has 0 saturated carbocycles. The van der Waals surface area contributed by atoms with Gasteiger partial charge < -0.3 is 9.84 Å². The van der Waals surface area contributed by atoms with Gasteiger partial charge in [-0.25, -0.2) is 13.6 Å². The molecule has 88 valence electrons. The second-order valence-electron chi connectivity index (χ2n) is 3.46. The van der Waals surface area contributed by atoms with Gasteiger partial charge in [0.2, 0.25) is 0 Å². The van der Waals surface area contributed by atoms with Crippen LogP contribution in [0, 0.1) is 11.6 Å². The van der Waals surface area contributed by atoms with Gasteiger partial charge >= 0.3 is 5.97 Å². The number of halogens is 2. The first-order valence-electron chi connectivity index (χ1n) is 4.67. The van der Waals surface area contributed by atoms with Crippen LogP contribution in [0.15, 0.2) is 18.2 Å². The highest BCUT2D eigenvalue weighted by atomic mass is 19.1. The summed E-state index contributed by atoms with van der Waals surface area (Å²) in [4.78, 5) is 11.0. The summed E-state index contributed by atoms with van der Waals surface area (Å²) in [5.41, 5.74) is 0.204. The number of benzene rings is 1. The fourth-order valence-corrected chi connectivity index (χ4v) is 1.35. The number of hydrogen-bond donors (Lipinski definition) is 1. The first-order valence-corrected chi connectivity index (χ1v) is 4.67. The Hall–Kier alpha value is -1.49. The van der Waals surface area contributed by atoms with Crippen molar-refractivity contribution in [3.63, 3.8) is 0 Å². The van der Waals surface area contributed by atoms with Crippen molar-refractivity contribution in [1.82, 2.24) is 0 Å². The lowest BCUT2D eigenvalue weighted by Crippen LogP contribution is -2.27. The van der Waals surface area contributed by atoms with Crippen LogP contribution in [0.4, 0.5) is 8.78 Å². The predicted octanol–water partition coefficient (Wildman–Crippen LogP) is 1.60. The standard InChI is InChI=1S/C11H12F2O3/c1-6(10(14)11(15)16-2)7-3-8(12)5-9(13)4-7/h3-6,10,14H,1-2H3. The van der Waals surface area contributed by atoms with Crippen LogP contribution in [-0.4, -0.2) is 24.3 Å². The lowest BCUT2D eigenvalue weighted by molar-refractivity contribution is -0.151. The zero-order chi connectivity index (χ0) is 12.3. The molecule has 1 aromatic carbocycles. The third kappa shape index (κ3) is 2.76. The van der Waals surface area contributed by atoms with E-state index in [-0.39, 0.29) is 5.56 Å². The second kappa shape index (κ2) is 5.03. The molecular weight excluding hydrogens is 218 g/mol. The van der Waals surface area contributed by atoms with Gasteiger partial charge in [0.1, 0.15) is 11.6 Å². The Morgan fingerprint density at radius 2 is 1.81 bits per heavy atom. The van der Waals surface area contributed by atoms with Crippen molar-refractivity contribution in [1.29, 1.82) is 0 Å². The molecule has 1 N–H and O–H groups in total. The Balaban J connectivity index is 2.95. The normalized spacial score (nSPS) is 14.3. The molecule has 1 aromatic rings. The highest BCUT2D eigenvalue weighted by molar-refractivity contribution is 5.75. The van der Waals surface area contributed by atoms with E-state index in [1.165, 1.54) is 6.92 Å². The maximum absolute atomic E-state index is 12.9. The summed E-state index contributed by atoms with van der Waals surface area (Å²) in [6.07, 6.45) is -1.44.